The molecule has 9 heteroatoms. The highest BCUT2D eigenvalue weighted by atomic mass is 16.5. The van der Waals surface area contributed by atoms with Gasteiger partial charge in [-0.2, -0.15) is 4.98 Å². The van der Waals surface area contributed by atoms with Crippen molar-refractivity contribution >= 4 is 22.7 Å². The fraction of sp³-hybridized carbons (Fsp3) is 0.455. The molecule has 7 rings (SSSR count). The van der Waals surface area contributed by atoms with Crippen LogP contribution in [-0.2, 0) is 4.74 Å². The molecule has 2 N–H and O–H groups in total. The summed E-state index contributed by atoms with van der Waals surface area (Å²) in [6.45, 7) is 5.05. The van der Waals surface area contributed by atoms with Crippen LogP contribution in [0.1, 0.15) is 68.3 Å². The molecule has 2 unspecified atom stereocenters. The van der Waals surface area contributed by atoms with E-state index in [1.807, 2.05) is 41.8 Å². The minimum atomic E-state index is -0.0839. The zero-order valence-corrected chi connectivity index (χ0v) is 24.1. The molecule has 3 aliphatic rings. The van der Waals surface area contributed by atoms with E-state index in [0.29, 0.717) is 36.3 Å². The quantitative estimate of drug-likeness (QED) is 0.296. The Labute approximate surface area is 245 Å². The number of fused-ring (bicyclic) bond motifs is 1. The minimum absolute atomic E-state index is 0.0696. The second-order valence-corrected chi connectivity index (χ2v) is 11.8. The summed E-state index contributed by atoms with van der Waals surface area (Å²) in [4.78, 5) is 28.5. The molecule has 2 saturated heterocycles. The molecule has 1 saturated carbocycles. The lowest BCUT2D eigenvalue weighted by Gasteiger charge is -2.24. The maximum Gasteiger partial charge on any atom is 0.260 e. The van der Waals surface area contributed by atoms with Gasteiger partial charge in [-0.3, -0.25) is 14.3 Å². The minimum Gasteiger partial charge on any atom is -0.489 e. The maximum atomic E-state index is 14.1. The van der Waals surface area contributed by atoms with Gasteiger partial charge in [0.05, 0.1) is 12.6 Å². The van der Waals surface area contributed by atoms with Crippen LogP contribution in [0.2, 0.25) is 0 Å². The van der Waals surface area contributed by atoms with E-state index in [9.17, 15) is 4.79 Å². The highest BCUT2D eigenvalue weighted by molar-refractivity contribution is 5.82. The van der Waals surface area contributed by atoms with Gasteiger partial charge in [0.15, 0.2) is 0 Å². The second kappa shape index (κ2) is 11.8. The predicted octanol–water partition coefficient (Wildman–Crippen LogP) is 5.66. The third-order valence-corrected chi connectivity index (χ3v) is 8.88. The van der Waals surface area contributed by atoms with Crippen LogP contribution in [-0.4, -0.2) is 51.9 Å². The summed E-state index contributed by atoms with van der Waals surface area (Å²) >= 11 is 0. The van der Waals surface area contributed by atoms with E-state index in [-0.39, 0.29) is 17.7 Å². The lowest BCUT2D eigenvalue weighted by molar-refractivity contribution is 0.167. The predicted molar refractivity (Wildman–Crippen MR) is 164 cm³/mol. The standard InChI is InChI=1S/C33H38N6O3/c1-21-28(12-13-30(36-21)22-5-2-3-6-22)29-17-23-18-35-33(38-31(23)39(32(29)40)25-14-16-41-20-25)37-24-8-10-26(11-9-24)42-27-7-4-15-34-19-27/h8-13,17-18,22,25,27,34H,2-7,14-16,19-20H2,1H3,(H,35,37,38). The Bertz CT molecular complexity index is 1620. The van der Waals surface area contributed by atoms with Crippen molar-refractivity contribution in [2.75, 3.05) is 31.6 Å². The highest BCUT2D eigenvalue weighted by Crippen LogP contribution is 2.35. The molecule has 3 aromatic heterocycles. The maximum absolute atomic E-state index is 14.1. The third kappa shape index (κ3) is 5.51. The van der Waals surface area contributed by atoms with Crippen LogP contribution in [0.3, 0.4) is 0 Å². The molecule has 0 spiro atoms. The van der Waals surface area contributed by atoms with Crippen molar-refractivity contribution < 1.29 is 9.47 Å². The van der Waals surface area contributed by atoms with Gasteiger partial charge in [-0.15, -0.1) is 0 Å². The van der Waals surface area contributed by atoms with E-state index in [2.05, 4.69) is 27.8 Å². The van der Waals surface area contributed by atoms with Crippen LogP contribution in [0.15, 0.2) is 53.5 Å². The van der Waals surface area contributed by atoms with Gasteiger partial charge >= 0.3 is 0 Å². The smallest absolute Gasteiger partial charge is 0.260 e. The van der Waals surface area contributed by atoms with E-state index in [1.54, 1.807) is 6.20 Å². The summed E-state index contributed by atoms with van der Waals surface area (Å²) in [7, 11) is 0. The van der Waals surface area contributed by atoms with Gasteiger partial charge in [0, 0.05) is 58.9 Å². The number of hydrogen-bond donors (Lipinski definition) is 2. The molecule has 4 aromatic rings. The molecule has 9 nitrogen and oxygen atoms in total. The number of nitrogens with zero attached hydrogens (tertiary/aromatic N) is 4. The summed E-state index contributed by atoms with van der Waals surface area (Å²) in [5.74, 6) is 1.81. The van der Waals surface area contributed by atoms with Crippen molar-refractivity contribution in [3.8, 4) is 16.9 Å². The van der Waals surface area contributed by atoms with Gasteiger partial charge in [-0.05, 0) is 82.0 Å². The van der Waals surface area contributed by atoms with Gasteiger partial charge < -0.3 is 20.1 Å². The summed E-state index contributed by atoms with van der Waals surface area (Å²) in [5.41, 5.74) is 4.91. The molecule has 5 heterocycles. The van der Waals surface area contributed by atoms with Gasteiger partial charge in [-0.1, -0.05) is 18.9 Å². The third-order valence-electron chi connectivity index (χ3n) is 8.88. The number of aryl methyl sites for hydroxylation is 1. The number of aromatic nitrogens is 4. The zero-order chi connectivity index (χ0) is 28.5. The number of piperidine rings is 1. The first-order chi connectivity index (χ1) is 20.6. The zero-order valence-electron chi connectivity index (χ0n) is 24.1. The number of pyridine rings is 2. The molecule has 42 heavy (non-hydrogen) atoms. The molecule has 1 aliphatic carbocycles. The summed E-state index contributed by atoms with van der Waals surface area (Å²) < 4.78 is 13.6. The largest absolute Gasteiger partial charge is 0.489 e. The fourth-order valence-corrected chi connectivity index (χ4v) is 6.61. The van der Waals surface area contributed by atoms with Crippen molar-refractivity contribution in [3.05, 3.63) is 70.4 Å². The van der Waals surface area contributed by atoms with E-state index < -0.39 is 0 Å². The molecule has 0 radical (unpaired) electrons. The molecule has 3 fully saturated rings. The Morgan fingerprint density at radius 2 is 1.86 bits per heavy atom. The Morgan fingerprint density at radius 1 is 1.00 bits per heavy atom. The van der Waals surface area contributed by atoms with Gasteiger partial charge in [0.1, 0.15) is 17.5 Å². The Morgan fingerprint density at radius 3 is 2.60 bits per heavy atom. The number of anilines is 2. The summed E-state index contributed by atoms with van der Waals surface area (Å²) in [6, 6.07) is 13.9. The van der Waals surface area contributed by atoms with Crippen LogP contribution in [0.25, 0.3) is 22.2 Å². The van der Waals surface area contributed by atoms with E-state index in [0.717, 1.165) is 66.1 Å². The van der Waals surface area contributed by atoms with Crippen LogP contribution >= 0.6 is 0 Å². The number of nitrogens with one attached hydrogen (secondary N) is 2. The molecule has 2 aliphatic heterocycles. The van der Waals surface area contributed by atoms with E-state index >= 15 is 0 Å². The lowest BCUT2D eigenvalue weighted by atomic mass is 9.99. The van der Waals surface area contributed by atoms with Crippen molar-refractivity contribution in [1.82, 2.24) is 24.8 Å². The average Bonchev–Trinajstić information content (AvgIpc) is 3.74. The second-order valence-electron chi connectivity index (χ2n) is 11.8. The molecule has 0 bridgehead atoms. The van der Waals surface area contributed by atoms with Crippen molar-refractivity contribution in [2.24, 2.45) is 0 Å². The van der Waals surface area contributed by atoms with Crippen LogP contribution in [0.5, 0.6) is 5.75 Å². The number of benzene rings is 1. The van der Waals surface area contributed by atoms with Gasteiger partial charge in [0.25, 0.3) is 5.56 Å². The summed E-state index contributed by atoms with van der Waals surface area (Å²) in [5, 5.41) is 7.50. The van der Waals surface area contributed by atoms with E-state index in [4.69, 9.17) is 19.4 Å². The summed E-state index contributed by atoms with van der Waals surface area (Å²) in [6.07, 6.45) is 9.88. The monoisotopic (exact) mass is 566 g/mol. The normalized spacial score (nSPS) is 21.2. The average molecular weight is 567 g/mol. The van der Waals surface area contributed by atoms with Crippen molar-refractivity contribution in [3.63, 3.8) is 0 Å². The first-order valence-corrected chi connectivity index (χ1v) is 15.3. The number of ether oxygens (including phenoxy) is 2. The Hall–Kier alpha value is -3.82. The number of hydrogen-bond acceptors (Lipinski definition) is 8. The van der Waals surface area contributed by atoms with Crippen LogP contribution in [0, 0.1) is 6.92 Å². The Balaban J connectivity index is 1.20. The van der Waals surface area contributed by atoms with Crippen molar-refractivity contribution in [2.45, 2.75) is 69.9 Å². The molecular formula is C33H38N6O3. The molecule has 0 amide bonds. The SMILES string of the molecule is Cc1nc(C2CCCC2)ccc1-c1cc2cnc(Nc3ccc(OC4CCCNC4)cc3)nc2n(C2CCOC2)c1=O. The van der Waals surface area contributed by atoms with Crippen LogP contribution in [0.4, 0.5) is 11.6 Å². The molecule has 1 aromatic carbocycles. The Kier molecular flexibility index (Phi) is 7.61. The lowest BCUT2D eigenvalue weighted by Crippen LogP contribution is -2.37. The first-order valence-electron chi connectivity index (χ1n) is 15.3. The van der Waals surface area contributed by atoms with Crippen LogP contribution < -0.4 is 20.9 Å². The van der Waals surface area contributed by atoms with Crippen molar-refractivity contribution in [1.29, 1.82) is 0 Å². The first kappa shape index (κ1) is 27.0. The van der Waals surface area contributed by atoms with Gasteiger partial charge in [0.2, 0.25) is 5.95 Å². The highest BCUT2D eigenvalue weighted by Gasteiger charge is 2.25. The van der Waals surface area contributed by atoms with Gasteiger partial charge in [-0.25, -0.2) is 4.98 Å². The van der Waals surface area contributed by atoms with E-state index in [1.165, 1.54) is 25.7 Å². The fourth-order valence-electron chi connectivity index (χ4n) is 6.61. The topological polar surface area (TPSA) is 103 Å². The molecular weight excluding hydrogens is 528 g/mol. The molecule has 218 valence electrons. The number of rotatable bonds is 7. The molecule has 2 atom stereocenters.